The van der Waals surface area contributed by atoms with Crippen molar-refractivity contribution in [2.45, 2.75) is 52.4 Å². The Hall–Kier alpha value is -2.71. The van der Waals surface area contributed by atoms with Crippen LogP contribution in [0, 0.1) is 0 Å². The number of nitrogens with zero attached hydrogens (tertiary/aromatic N) is 2. The summed E-state index contributed by atoms with van der Waals surface area (Å²) in [5.74, 6) is -0.935. The molecule has 2 rings (SSSR count). The lowest BCUT2D eigenvalue weighted by Gasteiger charge is -2.20. The Labute approximate surface area is 161 Å². The van der Waals surface area contributed by atoms with Gasteiger partial charge in [-0.1, -0.05) is 13.8 Å². The highest BCUT2D eigenvalue weighted by atomic mass is 19.4. The highest BCUT2D eigenvalue weighted by Gasteiger charge is 2.36. The number of nitrogens with one attached hydrogen (secondary N) is 1. The number of carboxylic acids is 1. The number of benzene rings is 1. The number of ether oxygens (including phenoxy) is 1. The van der Waals surface area contributed by atoms with E-state index in [1.165, 1.54) is 19.2 Å². The van der Waals surface area contributed by atoms with Crippen molar-refractivity contribution in [1.29, 1.82) is 0 Å². The van der Waals surface area contributed by atoms with Gasteiger partial charge >= 0.3 is 12.1 Å². The lowest BCUT2D eigenvalue weighted by atomic mass is 9.95. The van der Waals surface area contributed by atoms with Crippen LogP contribution in [0.5, 0.6) is 5.75 Å². The quantitative estimate of drug-likeness (QED) is 0.702. The lowest BCUT2D eigenvalue weighted by molar-refractivity contribution is -0.138. The molecule has 0 saturated heterocycles. The zero-order valence-corrected chi connectivity index (χ0v) is 16.4. The Kier molecular flexibility index (Phi) is 6.26. The van der Waals surface area contributed by atoms with E-state index in [-0.39, 0.29) is 17.3 Å². The van der Waals surface area contributed by atoms with Crippen molar-refractivity contribution in [3.63, 3.8) is 0 Å². The van der Waals surface area contributed by atoms with Crippen molar-refractivity contribution < 1.29 is 27.8 Å². The smallest absolute Gasteiger partial charge is 0.408 e. The van der Waals surface area contributed by atoms with Crippen LogP contribution in [-0.2, 0) is 6.54 Å². The fourth-order valence-corrected chi connectivity index (χ4v) is 3.00. The van der Waals surface area contributed by atoms with Gasteiger partial charge in [0.25, 0.3) is 0 Å². The maximum absolute atomic E-state index is 12.8. The zero-order chi connectivity index (χ0) is 21.2. The third kappa shape index (κ3) is 4.23. The number of aromatic carboxylic acids is 1. The van der Waals surface area contributed by atoms with E-state index < -0.39 is 18.2 Å². The molecule has 0 aliphatic carbocycles. The van der Waals surface area contributed by atoms with Gasteiger partial charge in [-0.15, -0.1) is 0 Å². The minimum Gasteiger partial charge on any atom is -0.496 e. The summed E-state index contributed by atoms with van der Waals surface area (Å²) in [5, 5.41) is 16.1. The summed E-state index contributed by atoms with van der Waals surface area (Å²) in [6, 6.07) is 2.87. The highest BCUT2D eigenvalue weighted by molar-refractivity contribution is 5.91. The summed E-state index contributed by atoms with van der Waals surface area (Å²) < 4.78 is 45.4. The number of carboxylic acid groups (broad SMARTS) is 1. The van der Waals surface area contributed by atoms with Crippen molar-refractivity contribution in [2.75, 3.05) is 12.4 Å². The van der Waals surface area contributed by atoms with Gasteiger partial charge in [-0.25, -0.2) is 4.79 Å². The molecule has 9 heteroatoms. The molecule has 0 fully saturated rings. The average molecular weight is 399 g/mol. The maximum Gasteiger partial charge on any atom is 0.408 e. The first-order chi connectivity index (χ1) is 13.0. The van der Waals surface area contributed by atoms with Crippen LogP contribution in [0.1, 0.15) is 49.7 Å². The molecule has 0 aliphatic rings. The van der Waals surface area contributed by atoms with Gasteiger partial charge in [0, 0.05) is 29.4 Å². The van der Waals surface area contributed by atoms with E-state index in [9.17, 15) is 23.1 Å². The molecule has 0 unspecified atom stereocenters. The number of carbonyl (C=O) groups is 1. The number of aromatic nitrogens is 2. The van der Waals surface area contributed by atoms with Crippen LogP contribution >= 0.6 is 0 Å². The first-order valence-electron chi connectivity index (χ1n) is 8.86. The van der Waals surface area contributed by atoms with Gasteiger partial charge in [0.05, 0.1) is 12.8 Å². The van der Waals surface area contributed by atoms with E-state index in [0.717, 1.165) is 6.92 Å². The van der Waals surface area contributed by atoms with Gasteiger partial charge in [-0.05, 0) is 31.9 Å². The number of aryl methyl sites for hydroxylation is 1. The van der Waals surface area contributed by atoms with Crippen LogP contribution in [-0.4, -0.2) is 40.2 Å². The first kappa shape index (κ1) is 21.6. The maximum atomic E-state index is 12.8. The molecule has 0 radical (unpaired) electrons. The van der Waals surface area contributed by atoms with Crippen molar-refractivity contribution in [3.05, 3.63) is 29.5 Å². The van der Waals surface area contributed by atoms with E-state index in [4.69, 9.17) is 4.74 Å². The van der Waals surface area contributed by atoms with Crippen molar-refractivity contribution in [1.82, 2.24) is 9.78 Å². The summed E-state index contributed by atoms with van der Waals surface area (Å²) in [6.45, 7) is 7.01. The zero-order valence-electron chi connectivity index (χ0n) is 16.4. The van der Waals surface area contributed by atoms with E-state index in [0.29, 0.717) is 29.1 Å². The van der Waals surface area contributed by atoms with E-state index >= 15 is 0 Å². The number of rotatable bonds is 7. The molecule has 2 N–H and O–H groups in total. The van der Waals surface area contributed by atoms with Crippen molar-refractivity contribution in [2.24, 2.45) is 0 Å². The summed E-state index contributed by atoms with van der Waals surface area (Å²) in [7, 11) is 1.41. The number of hydrogen-bond donors (Lipinski definition) is 2. The van der Waals surface area contributed by atoms with Gasteiger partial charge in [-0.3, -0.25) is 4.68 Å². The molecule has 0 amide bonds. The highest BCUT2D eigenvalue weighted by Crippen LogP contribution is 2.39. The first-order valence-corrected chi connectivity index (χ1v) is 8.86. The Morgan fingerprint density at radius 2 is 1.96 bits per heavy atom. The minimum absolute atomic E-state index is 0.0400. The Morgan fingerprint density at radius 3 is 2.43 bits per heavy atom. The third-order valence-electron chi connectivity index (χ3n) is 4.40. The molecular weight excluding hydrogens is 375 g/mol. The minimum atomic E-state index is -4.38. The lowest BCUT2D eigenvalue weighted by Crippen LogP contribution is -2.33. The molecule has 0 saturated carbocycles. The van der Waals surface area contributed by atoms with Gasteiger partial charge in [-0.2, -0.15) is 18.3 Å². The van der Waals surface area contributed by atoms with Crippen molar-refractivity contribution in [3.8, 4) is 17.0 Å². The Morgan fingerprint density at radius 1 is 1.32 bits per heavy atom. The normalized spacial score (nSPS) is 12.9. The van der Waals surface area contributed by atoms with Crippen LogP contribution in [0.2, 0.25) is 0 Å². The number of anilines is 1. The molecule has 1 heterocycles. The SMILES string of the molecule is CCn1nc(C(=O)O)c(C(C)C)c1-c1ccc(N[C@H](C)C(F)(F)F)cc1OC. The van der Waals surface area contributed by atoms with E-state index in [2.05, 4.69) is 10.4 Å². The fourth-order valence-electron chi connectivity index (χ4n) is 3.00. The Bertz CT molecular complexity index is 860. The number of methoxy groups -OCH3 is 1. The van der Waals surface area contributed by atoms with Gasteiger partial charge in [0.15, 0.2) is 5.69 Å². The summed E-state index contributed by atoms with van der Waals surface area (Å²) in [5.41, 5.74) is 1.91. The summed E-state index contributed by atoms with van der Waals surface area (Å²) in [4.78, 5) is 11.6. The van der Waals surface area contributed by atoms with Gasteiger partial charge in [0.1, 0.15) is 11.8 Å². The summed E-state index contributed by atoms with van der Waals surface area (Å²) >= 11 is 0. The molecule has 0 spiro atoms. The predicted molar refractivity (Wildman–Crippen MR) is 100 cm³/mol. The average Bonchev–Trinajstić information content (AvgIpc) is 3.00. The Balaban J connectivity index is 2.61. The van der Waals surface area contributed by atoms with Crippen LogP contribution in [0.15, 0.2) is 18.2 Å². The topological polar surface area (TPSA) is 76.4 Å². The molecule has 28 heavy (non-hydrogen) atoms. The fraction of sp³-hybridized carbons (Fsp3) is 0.474. The predicted octanol–water partition coefficient (Wildman–Crippen LogP) is 4.76. The second-order valence-corrected chi connectivity index (χ2v) is 6.71. The van der Waals surface area contributed by atoms with E-state index in [1.807, 2.05) is 20.8 Å². The molecular formula is C19H24F3N3O3. The van der Waals surface area contributed by atoms with Gasteiger partial charge < -0.3 is 15.2 Å². The molecule has 1 atom stereocenters. The standard InChI is InChI=1S/C19H24F3N3O3/c1-6-25-17(15(10(2)3)16(24-25)18(26)27)13-8-7-12(9-14(13)28-5)23-11(4)19(20,21)22/h7-11,23H,6H2,1-5H3,(H,26,27)/t11-/m1/s1. The molecule has 0 aliphatic heterocycles. The second-order valence-electron chi connectivity index (χ2n) is 6.71. The number of hydrogen-bond acceptors (Lipinski definition) is 4. The van der Waals surface area contributed by atoms with Crippen molar-refractivity contribution >= 4 is 11.7 Å². The van der Waals surface area contributed by atoms with Crippen LogP contribution in [0.3, 0.4) is 0 Å². The van der Waals surface area contributed by atoms with Crippen LogP contribution in [0.4, 0.5) is 18.9 Å². The largest absolute Gasteiger partial charge is 0.496 e. The molecule has 1 aromatic heterocycles. The molecule has 0 bridgehead atoms. The molecule has 154 valence electrons. The molecule has 2 aromatic rings. The monoisotopic (exact) mass is 399 g/mol. The molecule has 6 nitrogen and oxygen atoms in total. The number of halogens is 3. The van der Waals surface area contributed by atoms with Gasteiger partial charge in [0.2, 0.25) is 0 Å². The second kappa shape index (κ2) is 8.12. The molecule has 1 aromatic carbocycles. The van der Waals surface area contributed by atoms with Crippen LogP contribution < -0.4 is 10.1 Å². The van der Waals surface area contributed by atoms with Crippen LogP contribution in [0.25, 0.3) is 11.3 Å². The summed E-state index contributed by atoms with van der Waals surface area (Å²) in [6.07, 6.45) is -4.38. The third-order valence-corrected chi connectivity index (χ3v) is 4.40. The number of alkyl halides is 3. The van der Waals surface area contributed by atoms with E-state index in [1.54, 1.807) is 10.7 Å².